The van der Waals surface area contributed by atoms with Crippen LogP contribution in [-0.2, 0) is 6.54 Å². The molecule has 84 valence electrons. The number of rotatable bonds is 3. The maximum absolute atomic E-state index is 6.01. The molecule has 0 aliphatic rings. The Balaban J connectivity index is 2.24. The molecule has 0 fully saturated rings. The predicted molar refractivity (Wildman–Crippen MR) is 72.0 cm³/mol. The van der Waals surface area contributed by atoms with Gasteiger partial charge in [-0.25, -0.2) is 0 Å². The second-order valence-electron chi connectivity index (χ2n) is 3.95. The van der Waals surface area contributed by atoms with E-state index in [0.717, 1.165) is 17.9 Å². The van der Waals surface area contributed by atoms with Crippen molar-refractivity contribution in [3.8, 4) is 0 Å². The van der Waals surface area contributed by atoms with Crippen molar-refractivity contribution in [2.24, 2.45) is 0 Å². The fraction of sp³-hybridized carbons (Fsp3) is 0.231. The molecule has 2 nitrogen and oxygen atoms in total. The largest absolute Gasteiger partial charge is 0.397 e. The molecule has 0 amide bonds. The minimum Gasteiger partial charge on any atom is -0.397 e. The van der Waals surface area contributed by atoms with Crippen molar-refractivity contribution in [2.45, 2.75) is 13.5 Å². The van der Waals surface area contributed by atoms with E-state index in [-0.39, 0.29) is 0 Å². The number of hydrogen-bond donors (Lipinski definition) is 1. The molecule has 2 aromatic rings. The number of hydrogen-bond acceptors (Lipinski definition) is 3. The topological polar surface area (TPSA) is 29.3 Å². The standard InChI is InChI=1S/C13H16N2S/c1-10-5-3-7-12(14)13(10)15(2)9-11-6-4-8-16-11/h3-8H,9,14H2,1-2H3. The highest BCUT2D eigenvalue weighted by molar-refractivity contribution is 7.09. The number of benzene rings is 1. The van der Waals surface area contributed by atoms with Gasteiger partial charge in [0.25, 0.3) is 0 Å². The van der Waals surface area contributed by atoms with Crippen LogP contribution in [0.15, 0.2) is 35.7 Å². The van der Waals surface area contributed by atoms with Gasteiger partial charge < -0.3 is 10.6 Å². The smallest absolute Gasteiger partial charge is 0.0630 e. The lowest BCUT2D eigenvalue weighted by Crippen LogP contribution is -2.18. The Morgan fingerprint density at radius 1 is 1.25 bits per heavy atom. The second-order valence-corrected chi connectivity index (χ2v) is 4.98. The molecule has 2 rings (SSSR count). The number of anilines is 2. The van der Waals surface area contributed by atoms with E-state index in [2.05, 4.69) is 42.5 Å². The zero-order chi connectivity index (χ0) is 11.5. The van der Waals surface area contributed by atoms with Gasteiger partial charge in [-0.15, -0.1) is 11.3 Å². The molecule has 0 aliphatic heterocycles. The van der Waals surface area contributed by atoms with Crippen LogP contribution in [0.3, 0.4) is 0 Å². The van der Waals surface area contributed by atoms with E-state index in [4.69, 9.17) is 5.73 Å². The SMILES string of the molecule is Cc1cccc(N)c1N(C)Cc1cccs1. The van der Waals surface area contributed by atoms with E-state index in [1.54, 1.807) is 11.3 Å². The molecule has 1 heterocycles. The first-order chi connectivity index (χ1) is 7.68. The monoisotopic (exact) mass is 232 g/mol. The number of nitrogens with two attached hydrogens (primary N) is 1. The predicted octanol–water partition coefficient (Wildman–Crippen LogP) is 3.28. The van der Waals surface area contributed by atoms with Crippen LogP contribution in [0.1, 0.15) is 10.4 Å². The van der Waals surface area contributed by atoms with E-state index in [1.165, 1.54) is 10.4 Å². The molecular formula is C13H16N2S. The number of nitrogens with zero attached hydrogens (tertiary/aromatic N) is 1. The summed E-state index contributed by atoms with van der Waals surface area (Å²) >= 11 is 1.78. The van der Waals surface area contributed by atoms with Gasteiger partial charge in [-0.1, -0.05) is 18.2 Å². The van der Waals surface area contributed by atoms with Gasteiger partial charge in [-0.05, 0) is 30.0 Å². The van der Waals surface area contributed by atoms with Crippen LogP contribution >= 0.6 is 11.3 Å². The van der Waals surface area contributed by atoms with Crippen molar-refractivity contribution in [3.63, 3.8) is 0 Å². The molecule has 1 aromatic carbocycles. The van der Waals surface area contributed by atoms with Gasteiger partial charge in [0.15, 0.2) is 0 Å². The highest BCUT2D eigenvalue weighted by Gasteiger charge is 2.08. The Labute approximate surface area is 100 Å². The van der Waals surface area contributed by atoms with Crippen LogP contribution in [0.2, 0.25) is 0 Å². The molecular weight excluding hydrogens is 216 g/mol. The van der Waals surface area contributed by atoms with Crippen molar-refractivity contribution in [1.29, 1.82) is 0 Å². The Morgan fingerprint density at radius 2 is 2.06 bits per heavy atom. The molecule has 3 heteroatoms. The normalized spacial score (nSPS) is 10.4. The first kappa shape index (κ1) is 11.0. The minimum atomic E-state index is 0.846. The molecule has 0 radical (unpaired) electrons. The third-order valence-electron chi connectivity index (χ3n) is 2.62. The third kappa shape index (κ3) is 2.19. The fourth-order valence-corrected chi connectivity index (χ4v) is 2.68. The summed E-state index contributed by atoms with van der Waals surface area (Å²) in [4.78, 5) is 3.56. The molecule has 0 spiro atoms. The van der Waals surface area contributed by atoms with E-state index < -0.39 is 0 Å². The molecule has 0 bridgehead atoms. The maximum Gasteiger partial charge on any atom is 0.0630 e. The van der Waals surface area contributed by atoms with E-state index in [1.807, 2.05) is 12.1 Å². The Bertz CT molecular complexity index is 443. The van der Waals surface area contributed by atoms with E-state index in [9.17, 15) is 0 Å². The lowest BCUT2D eigenvalue weighted by Gasteiger charge is -2.22. The van der Waals surface area contributed by atoms with Crippen LogP contribution in [0, 0.1) is 6.92 Å². The quantitative estimate of drug-likeness (QED) is 0.823. The number of thiophene rings is 1. The van der Waals surface area contributed by atoms with Crippen molar-refractivity contribution in [1.82, 2.24) is 0 Å². The van der Waals surface area contributed by atoms with Crippen LogP contribution in [-0.4, -0.2) is 7.05 Å². The highest BCUT2D eigenvalue weighted by Crippen LogP contribution is 2.27. The lowest BCUT2D eigenvalue weighted by molar-refractivity contribution is 0.936. The van der Waals surface area contributed by atoms with Gasteiger partial charge in [0.1, 0.15) is 0 Å². The van der Waals surface area contributed by atoms with Crippen LogP contribution in [0.25, 0.3) is 0 Å². The molecule has 0 saturated heterocycles. The molecule has 16 heavy (non-hydrogen) atoms. The average molecular weight is 232 g/mol. The summed E-state index contributed by atoms with van der Waals surface area (Å²) in [5.74, 6) is 0. The van der Waals surface area contributed by atoms with E-state index >= 15 is 0 Å². The average Bonchev–Trinajstić information content (AvgIpc) is 2.70. The second kappa shape index (κ2) is 4.58. The van der Waals surface area contributed by atoms with Crippen molar-refractivity contribution in [2.75, 3.05) is 17.7 Å². The minimum absolute atomic E-state index is 0.846. The molecule has 0 unspecified atom stereocenters. The summed E-state index contributed by atoms with van der Waals surface area (Å²) in [7, 11) is 2.08. The zero-order valence-corrected chi connectivity index (χ0v) is 10.4. The molecule has 0 saturated carbocycles. The fourth-order valence-electron chi connectivity index (χ4n) is 1.92. The molecule has 1 aromatic heterocycles. The van der Waals surface area contributed by atoms with Gasteiger partial charge in [-0.2, -0.15) is 0 Å². The molecule has 2 N–H and O–H groups in total. The first-order valence-electron chi connectivity index (χ1n) is 5.27. The van der Waals surface area contributed by atoms with Gasteiger partial charge in [-0.3, -0.25) is 0 Å². The number of nitrogen functional groups attached to an aromatic ring is 1. The van der Waals surface area contributed by atoms with Crippen LogP contribution in [0.5, 0.6) is 0 Å². The molecule has 0 atom stereocenters. The summed E-state index contributed by atoms with van der Waals surface area (Å²) in [5.41, 5.74) is 9.22. The zero-order valence-electron chi connectivity index (χ0n) is 9.60. The van der Waals surface area contributed by atoms with Gasteiger partial charge in [0, 0.05) is 11.9 Å². The Hall–Kier alpha value is -1.48. The van der Waals surface area contributed by atoms with Crippen molar-refractivity contribution in [3.05, 3.63) is 46.2 Å². The summed E-state index contributed by atoms with van der Waals surface area (Å²) in [6, 6.07) is 10.3. The van der Waals surface area contributed by atoms with Crippen molar-refractivity contribution < 1.29 is 0 Å². The lowest BCUT2D eigenvalue weighted by atomic mass is 10.1. The summed E-state index contributed by atoms with van der Waals surface area (Å²) in [6.45, 7) is 3.00. The van der Waals surface area contributed by atoms with Gasteiger partial charge in [0.2, 0.25) is 0 Å². The number of aryl methyl sites for hydroxylation is 1. The molecule has 0 aliphatic carbocycles. The maximum atomic E-state index is 6.01. The van der Waals surface area contributed by atoms with Gasteiger partial charge in [0.05, 0.1) is 17.9 Å². The van der Waals surface area contributed by atoms with Crippen LogP contribution < -0.4 is 10.6 Å². The number of para-hydroxylation sites is 1. The summed E-state index contributed by atoms with van der Waals surface area (Å²) in [6.07, 6.45) is 0. The first-order valence-corrected chi connectivity index (χ1v) is 6.15. The third-order valence-corrected chi connectivity index (χ3v) is 3.48. The van der Waals surface area contributed by atoms with E-state index in [0.29, 0.717) is 0 Å². The summed E-state index contributed by atoms with van der Waals surface area (Å²) < 4.78 is 0. The van der Waals surface area contributed by atoms with Crippen LogP contribution in [0.4, 0.5) is 11.4 Å². The summed E-state index contributed by atoms with van der Waals surface area (Å²) in [5, 5.41) is 2.10. The highest BCUT2D eigenvalue weighted by atomic mass is 32.1. The van der Waals surface area contributed by atoms with Gasteiger partial charge >= 0.3 is 0 Å². The Morgan fingerprint density at radius 3 is 2.69 bits per heavy atom. The Kier molecular flexibility index (Phi) is 3.15. The van der Waals surface area contributed by atoms with Crippen molar-refractivity contribution >= 4 is 22.7 Å².